The summed E-state index contributed by atoms with van der Waals surface area (Å²) in [7, 11) is 0. The standard InChI is InChI=1S/C8H14N2O2/c1-3-7(5-9)10(4-2)6-8(11)12/h7H,3-4,6H2,1-2H3,(H,11,12). The van der Waals surface area contributed by atoms with Crippen LogP contribution in [0, 0.1) is 11.3 Å². The Morgan fingerprint density at radius 2 is 2.25 bits per heavy atom. The summed E-state index contributed by atoms with van der Waals surface area (Å²) in [6.07, 6.45) is 0.664. The smallest absolute Gasteiger partial charge is 0.317 e. The van der Waals surface area contributed by atoms with E-state index in [1.54, 1.807) is 4.90 Å². The molecule has 0 aliphatic heterocycles. The van der Waals surface area contributed by atoms with Gasteiger partial charge >= 0.3 is 5.97 Å². The number of nitriles is 1. The first kappa shape index (κ1) is 10.9. The normalized spacial score (nSPS) is 12.5. The van der Waals surface area contributed by atoms with Crippen molar-refractivity contribution < 1.29 is 9.90 Å². The first-order valence-electron chi connectivity index (χ1n) is 4.01. The van der Waals surface area contributed by atoms with Gasteiger partial charge in [-0.1, -0.05) is 13.8 Å². The number of nitrogens with zero attached hydrogens (tertiary/aromatic N) is 2. The molecule has 68 valence electrons. The van der Waals surface area contributed by atoms with Crippen molar-refractivity contribution in [1.29, 1.82) is 5.26 Å². The first-order chi connectivity index (χ1) is 5.65. The lowest BCUT2D eigenvalue weighted by Crippen LogP contribution is -2.37. The molecule has 0 radical (unpaired) electrons. The molecule has 0 saturated heterocycles. The van der Waals surface area contributed by atoms with Crippen LogP contribution in [0.2, 0.25) is 0 Å². The van der Waals surface area contributed by atoms with E-state index in [1.165, 1.54) is 0 Å². The quantitative estimate of drug-likeness (QED) is 0.659. The van der Waals surface area contributed by atoms with Gasteiger partial charge in [-0.2, -0.15) is 5.26 Å². The number of carboxylic acid groups (broad SMARTS) is 1. The molecule has 0 heterocycles. The molecule has 12 heavy (non-hydrogen) atoms. The Morgan fingerprint density at radius 3 is 2.50 bits per heavy atom. The minimum absolute atomic E-state index is 0.0530. The largest absolute Gasteiger partial charge is 0.480 e. The van der Waals surface area contributed by atoms with Crippen LogP contribution < -0.4 is 0 Å². The molecule has 1 N–H and O–H groups in total. The van der Waals surface area contributed by atoms with Gasteiger partial charge in [-0.15, -0.1) is 0 Å². The van der Waals surface area contributed by atoms with Gasteiger partial charge in [-0.05, 0) is 13.0 Å². The lowest BCUT2D eigenvalue weighted by molar-refractivity contribution is -0.138. The van der Waals surface area contributed by atoms with Crippen LogP contribution >= 0.6 is 0 Å². The average Bonchev–Trinajstić information content (AvgIpc) is 2.04. The molecule has 0 amide bonds. The van der Waals surface area contributed by atoms with E-state index >= 15 is 0 Å². The maximum absolute atomic E-state index is 10.4. The van der Waals surface area contributed by atoms with Crippen LogP contribution in [0.25, 0.3) is 0 Å². The van der Waals surface area contributed by atoms with E-state index in [1.807, 2.05) is 13.8 Å². The van der Waals surface area contributed by atoms with Gasteiger partial charge < -0.3 is 5.11 Å². The van der Waals surface area contributed by atoms with Crippen molar-refractivity contribution in [3.8, 4) is 6.07 Å². The highest BCUT2D eigenvalue weighted by Gasteiger charge is 2.16. The van der Waals surface area contributed by atoms with Crippen molar-refractivity contribution in [3.05, 3.63) is 0 Å². The van der Waals surface area contributed by atoms with Gasteiger partial charge in [0.1, 0.15) is 0 Å². The number of hydrogen-bond donors (Lipinski definition) is 1. The van der Waals surface area contributed by atoms with Crippen LogP contribution in [0.15, 0.2) is 0 Å². The van der Waals surface area contributed by atoms with Crippen LogP contribution in [-0.4, -0.2) is 35.1 Å². The Labute approximate surface area is 72.4 Å². The molecule has 0 saturated carbocycles. The number of carbonyl (C=O) groups is 1. The van der Waals surface area contributed by atoms with Crippen LogP contribution in [0.4, 0.5) is 0 Å². The van der Waals surface area contributed by atoms with E-state index in [-0.39, 0.29) is 12.6 Å². The van der Waals surface area contributed by atoms with Crippen molar-refractivity contribution in [2.45, 2.75) is 26.3 Å². The molecule has 0 aromatic carbocycles. The van der Waals surface area contributed by atoms with E-state index in [9.17, 15) is 4.79 Å². The second-order valence-electron chi connectivity index (χ2n) is 2.51. The fraction of sp³-hybridized carbons (Fsp3) is 0.750. The van der Waals surface area contributed by atoms with Gasteiger partial charge in [-0.3, -0.25) is 9.69 Å². The molecule has 0 spiro atoms. The SMILES string of the molecule is CCC(C#N)N(CC)CC(=O)O. The predicted molar refractivity (Wildman–Crippen MR) is 44.6 cm³/mol. The maximum Gasteiger partial charge on any atom is 0.317 e. The van der Waals surface area contributed by atoms with E-state index in [0.717, 1.165) is 0 Å². The summed E-state index contributed by atoms with van der Waals surface area (Å²) in [6, 6.07) is 1.80. The zero-order chi connectivity index (χ0) is 9.56. The summed E-state index contributed by atoms with van der Waals surface area (Å²) < 4.78 is 0. The molecule has 4 heteroatoms. The molecule has 0 aliphatic rings. The van der Waals surface area contributed by atoms with Crippen molar-refractivity contribution >= 4 is 5.97 Å². The van der Waals surface area contributed by atoms with Gasteiger partial charge in [0.15, 0.2) is 0 Å². The fourth-order valence-corrected chi connectivity index (χ4v) is 1.05. The fourth-order valence-electron chi connectivity index (χ4n) is 1.05. The monoisotopic (exact) mass is 170 g/mol. The minimum atomic E-state index is -0.884. The Balaban J connectivity index is 4.13. The Bertz CT molecular complexity index is 186. The lowest BCUT2D eigenvalue weighted by Gasteiger charge is -2.22. The number of rotatable bonds is 5. The van der Waals surface area contributed by atoms with Crippen molar-refractivity contribution in [1.82, 2.24) is 4.90 Å². The molecule has 0 fully saturated rings. The average molecular weight is 170 g/mol. The predicted octanol–water partition coefficient (Wildman–Crippen LogP) is 0.695. The van der Waals surface area contributed by atoms with Gasteiger partial charge in [0.05, 0.1) is 18.7 Å². The number of likely N-dealkylation sites (N-methyl/N-ethyl adjacent to an activating group) is 1. The molecule has 0 aliphatic carbocycles. The van der Waals surface area contributed by atoms with E-state index < -0.39 is 5.97 Å². The van der Waals surface area contributed by atoms with Gasteiger partial charge in [0, 0.05) is 0 Å². The van der Waals surface area contributed by atoms with E-state index in [0.29, 0.717) is 13.0 Å². The molecule has 1 atom stereocenters. The Morgan fingerprint density at radius 1 is 1.67 bits per heavy atom. The highest BCUT2D eigenvalue weighted by Crippen LogP contribution is 2.01. The summed E-state index contributed by atoms with van der Waals surface area (Å²) >= 11 is 0. The summed E-state index contributed by atoms with van der Waals surface area (Å²) in [5.74, 6) is -0.884. The maximum atomic E-state index is 10.4. The summed E-state index contributed by atoms with van der Waals surface area (Å²) in [6.45, 7) is 4.27. The van der Waals surface area contributed by atoms with Crippen LogP contribution in [-0.2, 0) is 4.79 Å². The first-order valence-corrected chi connectivity index (χ1v) is 4.01. The molecule has 1 unspecified atom stereocenters. The number of carboxylic acids is 1. The molecule has 0 aromatic rings. The summed E-state index contributed by atoms with van der Waals surface area (Å²) in [5.41, 5.74) is 0. The number of aliphatic carboxylic acids is 1. The molecule has 0 bridgehead atoms. The van der Waals surface area contributed by atoms with Crippen molar-refractivity contribution in [2.24, 2.45) is 0 Å². The van der Waals surface area contributed by atoms with Crippen LogP contribution in [0.5, 0.6) is 0 Å². The summed E-state index contributed by atoms with van der Waals surface area (Å²) in [4.78, 5) is 12.0. The molecule has 0 rings (SSSR count). The van der Waals surface area contributed by atoms with Gasteiger partial charge in [-0.25, -0.2) is 0 Å². The third-order valence-corrected chi connectivity index (χ3v) is 1.72. The van der Waals surface area contributed by atoms with Crippen LogP contribution in [0.3, 0.4) is 0 Å². The topological polar surface area (TPSA) is 64.3 Å². The highest BCUT2D eigenvalue weighted by molar-refractivity contribution is 5.69. The Hall–Kier alpha value is -1.08. The van der Waals surface area contributed by atoms with Crippen molar-refractivity contribution in [2.75, 3.05) is 13.1 Å². The highest BCUT2D eigenvalue weighted by atomic mass is 16.4. The van der Waals surface area contributed by atoms with Gasteiger partial charge in [0.25, 0.3) is 0 Å². The summed E-state index contributed by atoms with van der Waals surface area (Å²) in [5, 5.41) is 17.2. The molecular weight excluding hydrogens is 156 g/mol. The zero-order valence-electron chi connectivity index (χ0n) is 7.45. The van der Waals surface area contributed by atoms with E-state index in [2.05, 4.69) is 6.07 Å². The zero-order valence-corrected chi connectivity index (χ0v) is 7.45. The van der Waals surface area contributed by atoms with Gasteiger partial charge in [0.2, 0.25) is 0 Å². The van der Waals surface area contributed by atoms with E-state index in [4.69, 9.17) is 10.4 Å². The molecule has 0 aromatic heterocycles. The third-order valence-electron chi connectivity index (χ3n) is 1.72. The minimum Gasteiger partial charge on any atom is -0.480 e. The number of hydrogen-bond acceptors (Lipinski definition) is 3. The second-order valence-corrected chi connectivity index (χ2v) is 2.51. The second kappa shape index (κ2) is 5.56. The Kier molecular flexibility index (Phi) is 5.06. The molecule has 4 nitrogen and oxygen atoms in total. The lowest BCUT2D eigenvalue weighted by atomic mass is 10.2. The third kappa shape index (κ3) is 3.35. The van der Waals surface area contributed by atoms with Crippen molar-refractivity contribution in [3.63, 3.8) is 0 Å². The van der Waals surface area contributed by atoms with Crippen LogP contribution in [0.1, 0.15) is 20.3 Å². The molecular formula is C8H14N2O2.